The zero-order chi connectivity index (χ0) is 39.4. The van der Waals surface area contributed by atoms with E-state index in [1.165, 1.54) is 77.5 Å². The first-order valence-electron chi connectivity index (χ1n) is 20.2. The van der Waals surface area contributed by atoms with Gasteiger partial charge in [-0.05, 0) is 120 Å². The second kappa shape index (κ2) is 16.0. The minimum absolute atomic E-state index is 1.10. The van der Waals surface area contributed by atoms with Crippen molar-refractivity contribution in [3.05, 3.63) is 249 Å². The predicted molar refractivity (Wildman–Crippen MR) is 251 cm³/mol. The van der Waals surface area contributed by atoms with Gasteiger partial charge in [-0.25, -0.2) is 0 Å². The average molecular weight is 752 g/mol. The van der Waals surface area contributed by atoms with Crippen LogP contribution in [0.3, 0.4) is 0 Å². The summed E-state index contributed by atoms with van der Waals surface area (Å²) in [6.45, 7) is 0. The largest absolute Gasteiger partial charge is 0.310 e. The predicted octanol–water partition coefficient (Wildman–Crippen LogP) is 16.3. The van der Waals surface area contributed by atoms with Gasteiger partial charge in [0.1, 0.15) is 0 Å². The average Bonchev–Trinajstić information content (AvgIpc) is 3.33. The summed E-state index contributed by atoms with van der Waals surface area (Å²) in [6.07, 6.45) is 0. The van der Waals surface area contributed by atoms with Gasteiger partial charge in [-0.1, -0.05) is 206 Å². The van der Waals surface area contributed by atoms with Gasteiger partial charge in [0.25, 0.3) is 0 Å². The van der Waals surface area contributed by atoms with Crippen molar-refractivity contribution in [2.45, 2.75) is 0 Å². The lowest BCUT2D eigenvalue weighted by molar-refractivity contribution is 1.29. The molecule has 0 aliphatic heterocycles. The molecule has 10 aromatic carbocycles. The maximum absolute atomic E-state index is 2.35. The third-order valence-corrected chi connectivity index (χ3v) is 11.3. The Morgan fingerprint density at radius 1 is 0.186 bits per heavy atom. The normalized spacial score (nSPS) is 11.1. The lowest BCUT2D eigenvalue weighted by atomic mass is 9.91. The van der Waals surface area contributed by atoms with Crippen LogP contribution in [0.4, 0.5) is 17.1 Å². The molecule has 1 nitrogen and oxygen atoms in total. The van der Waals surface area contributed by atoms with E-state index < -0.39 is 0 Å². The third-order valence-electron chi connectivity index (χ3n) is 11.3. The molecule has 59 heavy (non-hydrogen) atoms. The molecule has 0 N–H and O–H groups in total. The smallest absolute Gasteiger partial charge is 0.0468 e. The maximum Gasteiger partial charge on any atom is 0.0468 e. The highest BCUT2D eigenvalue weighted by molar-refractivity contribution is 5.90. The molecule has 0 atom stereocenters. The maximum atomic E-state index is 2.35. The molecular formula is C58H41N. The van der Waals surface area contributed by atoms with E-state index in [0.717, 1.165) is 17.1 Å². The van der Waals surface area contributed by atoms with E-state index >= 15 is 0 Å². The molecule has 0 saturated carbocycles. The van der Waals surface area contributed by atoms with Crippen molar-refractivity contribution < 1.29 is 0 Å². The number of nitrogens with zero attached hydrogens (tertiary/aromatic N) is 1. The van der Waals surface area contributed by atoms with Crippen molar-refractivity contribution in [2.75, 3.05) is 4.90 Å². The second-order valence-corrected chi connectivity index (χ2v) is 15.0. The van der Waals surface area contributed by atoms with Crippen LogP contribution >= 0.6 is 0 Å². The van der Waals surface area contributed by atoms with E-state index in [4.69, 9.17) is 0 Å². The first kappa shape index (κ1) is 35.7. The Morgan fingerprint density at radius 3 is 1.02 bits per heavy atom. The minimum atomic E-state index is 1.10. The van der Waals surface area contributed by atoms with E-state index in [1.54, 1.807) is 0 Å². The molecule has 10 rings (SSSR count). The first-order valence-corrected chi connectivity index (χ1v) is 20.2. The Hall–Kier alpha value is -7.74. The van der Waals surface area contributed by atoms with Gasteiger partial charge in [0.2, 0.25) is 0 Å². The fraction of sp³-hybridized carbons (Fsp3) is 0. The SMILES string of the molecule is c1ccc(-c2ccc(-c3ccc(N(c4ccc(-c5ccc(-c6ccc(-c7ccccc7)c(-c7ccccc7)c6)cc5)cc4)c4ccc5ccccc5c4)cc3)cc2)cc1. The topological polar surface area (TPSA) is 3.24 Å². The Labute approximate surface area is 346 Å². The van der Waals surface area contributed by atoms with Crippen LogP contribution in [0.2, 0.25) is 0 Å². The van der Waals surface area contributed by atoms with Crippen LogP contribution < -0.4 is 4.90 Å². The number of anilines is 3. The van der Waals surface area contributed by atoms with Crippen molar-refractivity contribution in [3.8, 4) is 66.8 Å². The second-order valence-electron chi connectivity index (χ2n) is 15.0. The molecule has 0 aliphatic carbocycles. The zero-order valence-electron chi connectivity index (χ0n) is 32.6. The molecule has 0 radical (unpaired) electrons. The quantitative estimate of drug-likeness (QED) is 0.142. The summed E-state index contributed by atoms with van der Waals surface area (Å²) in [7, 11) is 0. The lowest BCUT2D eigenvalue weighted by Crippen LogP contribution is -2.09. The van der Waals surface area contributed by atoms with Gasteiger partial charge in [-0.15, -0.1) is 0 Å². The van der Waals surface area contributed by atoms with Crippen molar-refractivity contribution in [1.82, 2.24) is 0 Å². The van der Waals surface area contributed by atoms with Crippen molar-refractivity contribution in [1.29, 1.82) is 0 Å². The van der Waals surface area contributed by atoms with Crippen LogP contribution in [0, 0.1) is 0 Å². The summed E-state index contributed by atoms with van der Waals surface area (Å²) in [5, 5.41) is 2.44. The molecule has 278 valence electrons. The lowest BCUT2D eigenvalue weighted by Gasteiger charge is -2.26. The zero-order valence-corrected chi connectivity index (χ0v) is 32.6. The summed E-state index contributed by atoms with van der Waals surface area (Å²) in [5.74, 6) is 0. The minimum Gasteiger partial charge on any atom is -0.310 e. The van der Waals surface area contributed by atoms with E-state index in [-0.39, 0.29) is 0 Å². The van der Waals surface area contributed by atoms with E-state index in [2.05, 4.69) is 254 Å². The van der Waals surface area contributed by atoms with Crippen LogP contribution in [0.5, 0.6) is 0 Å². The summed E-state index contributed by atoms with van der Waals surface area (Å²) >= 11 is 0. The van der Waals surface area contributed by atoms with Gasteiger partial charge in [0.15, 0.2) is 0 Å². The van der Waals surface area contributed by atoms with Gasteiger partial charge < -0.3 is 4.90 Å². The van der Waals surface area contributed by atoms with Gasteiger partial charge in [0, 0.05) is 17.1 Å². The van der Waals surface area contributed by atoms with E-state index in [0.29, 0.717) is 0 Å². The first-order chi connectivity index (χ1) is 29.2. The number of hydrogen-bond donors (Lipinski definition) is 0. The number of hydrogen-bond acceptors (Lipinski definition) is 1. The van der Waals surface area contributed by atoms with Gasteiger partial charge in [0.05, 0.1) is 0 Å². The molecule has 0 bridgehead atoms. The molecule has 0 spiro atoms. The summed E-state index contributed by atoms with van der Waals surface area (Å²) in [5.41, 5.74) is 17.8. The van der Waals surface area contributed by atoms with Crippen LogP contribution in [-0.2, 0) is 0 Å². The van der Waals surface area contributed by atoms with Gasteiger partial charge in [-0.3, -0.25) is 0 Å². The summed E-state index contributed by atoms with van der Waals surface area (Å²) in [4.78, 5) is 2.35. The Kier molecular flexibility index (Phi) is 9.68. The van der Waals surface area contributed by atoms with Crippen molar-refractivity contribution >= 4 is 27.8 Å². The summed E-state index contributed by atoms with van der Waals surface area (Å²) < 4.78 is 0. The Balaban J connectivity index is 0.945. The number of rotatable bonds is 9. The molecule has 0 aromatic heterocycles. The molecule has 1 heteroatoms. The molecule has 0 aliphatic rings. The molecule has 0 amide bonds. The van der Waals surface area contributed by atoms with E-state index in [9.17, 15) is 0 Å². The third kappa shape index (κ3) is 7.46. The highest BCUT2D eigenvalue weighted by Gasteiger charge is 2.15. The van der Waals surface area contributed by atoms with Crippen LogP contribution in [0.1, 0.15) is 0 Å². The fourth-order valence-electron chi connectivity index (χ4n) is 8.16. The standard InChI is InChI=1S/C58H41N/c1-4-12-42(13-5-1)44-20-22-45(23-21-44)47-28-34-54(35-29-47)59(56-38-32-43-14-10-11-19-52(43)40-56)55-36-30-48(31-37-55)46-24-26-49(27-25-46)53-33-39-57(50-15-6-2-7-16-50)58(41-53)51-17-8-3-9-18-51/h1-41H. The van der Waals surface area contributed by atoms with Crippen LogP contribution in [0.25, 0.3) is 77.5 Å². The molecule has 0 unspecified atom stereocenters. The monoisotopic (exact) mass is 751 g/mol. The van der Waals surface area contributed by atoms with Gasteiger partial charge >= 0.3 is 0 Å². The number of fused-ring (bicyclic) bond motifs is 1. The number of benzene rings is 10. The molecule has 0 heterocycles. The highest BCUT2D eigenvalue weighted by Crippen LogP contribution is 2.40. The molecule has 0 saturated heterocycles. The van der Waals surface area contributed by atoms with Crippen LogP contribution in [0.15, 0.2) is 249 Å². The summed E-state index contributed by atoms with van der Waals surface area (Å²) in [6, 6.07) is 89.7. The van der Waals surface area contributed by atoms with E-state index in [1.807, 2.05) is 0 Å². The molecule has 10 aromatic rings. The molecular weight excluding hydrogens is 711 g/mol. The Bertz CT molecular complexity index is 2970. The van der Waals surface area contributed by atoms with Gasteiger partial charge in [-0.2, -0.15) is 0 Å². The fourth-order valence-corrected chi connectivity index (χ4v) is 8.16. The van der Waals surface area contributed by atoms with Crippen molar-refractivity contribution in [2.24, 2.45) is 0 Å². The highest BCUT2D eigenvalue weighted by atomic mass is 15.1. The van der Waals surface area contributed by atoms with Crippen molar-refractivity contribution in [3.63, 3.8) is 0 Å². The molecule has 0 fully saturated rings. The van der Waals surface area contributed by atoms with Crippen LogP contribution in [-0.4, -0.2) is 0 Å². The Morgan fingerprint density at radius 2 is 0.525 bits per heavy atom.